The Morgan fingerprint density at radius 1 is 1.62 bits per heavy atom. The maximum absolute atomic E-state index is 10.7. The van der Waals surface area contributed by atoms with Crippen LogP contribution < -0.4 is 5.32 Å². The van der Waals surface area contributed by atoms with E-state index in [1.165, 1.54) is 37.0 Å². The Bertz CT molecular complexity index is 383. The molecule has 1 aromatic heterocycles. The van der Waals surface area contributed by atoms with E-state index in [4.69, 9.17) is 5.11 Å². The van der Waals surface area contributed by atoms with Gasteiger partial charge in [0.25, 0.3) is 0 Å². The Kier molecular flexibility index (Phi) is 3.25. The first-order valence-electron chi connectivity index (χ1n) is 5.52. The molecule has 0 unspecified atom stereocenters. The molecule has 1 aromatic rings. The van der Waals surface area contributed by atoms with Gasteiger partial charge >= 0.3 is 5.97 Å². The van der Waals surface area contributed by atoms with Gasteiger partial charge in [-0.3, -0.25) is 0 Å². The van der Waals surface area contributed by atoms with Crippen molar-refractivity contribution < 1.29 is 9.90 Å². The average Bonchev–Trinajstić information content (AvgIpc) is 2.84. The third kappa shape index (κ3) is 2.59. The van der Waals surface area contributed by atoms with Crippen LogP contribution in [0.25, 0.3) is 0 Å². The SMILES string of the molecule is CC1(NCc2csc(C(=O)O)n2)CCCC1. The van der Waals surface area contributed by atoms with Crippen LogP contribution in [0.5, 0.6) is 0 Å². The molecule has 4 nitrogen and oxygen atoms in total. The van der Waals surface area contributed by atoms with Gasteiger partial charge in [0.2, 0.25) is 5.01 Å². The number of nitrogens with zero attached hydrogens (tertiary/aromatic N) is 1. The summed E-state index contributed by atoms with van der Waals surface area (Å²) < 4.78 is 0. The summed E-state index contributed by atoms with van der Waals surface area (Å²) in [5.41, 5.74) is 1.04. The normalized spacial score (nSPS) is 18.8. The first-order chi connectivity index (χ1) is 7.59. The van der Waals surface area contributed by atoms with Gasteiger partial charge in [0, 0.05) is 17.5 Å². The molecule has 0 radical (unpaired) electrons. The van der Waals surface area contributed by atoms with Crippen LogP contribution in [0, 0.1) is 0 Å². The lowest BCUT2D eigenvalue weighted by Crippen LogP contribution is -2.38. The topological polar surface area (TPSA) is 62.2 Å². The van der Waals surface area contributed by atoms with E-state index in [1.807, 2.05) is 5.38 Å². The monoisotopic (exact) mass is 240 g/mol. The van der Waals surface area contributed by atoms with Crippen LogP contribution in [-0.2, 0) is 6.54 Å². The summed E-state index contributed by atoms with van der Waals surface area (Å²) >= 11 is 1.19. The Morgan fingerprint density at radius 2 is 2.31 bits per heavy atom. The second-order valence-corrected chi connectivity index (χ2v) is 5.43. The molecule has 0 saturated heterocycles. The molecule has 2 N–H and O–H groups in total. The van der Waals surface area contributed by atoms with Gasteiger partial charge in [0.1, 0.15) is 0 Å². The molecule has 1 aliphatic carbocycles. The summed E-state index contributed by atoms with van der Waals surface area (Å²) in [5, 5.41) is 14.2. The van der Waals surface area contributed by atoms with Crippen molar-refractivity contribution in [3.63, 3.8) is 0 Å². The average molecular weight is 240 g/mol. The molecular formula is C11H16N2O2S. The molecule has 0 bridgehead atoms. The molecule has 0 amide bonds. The first kappa shape index (κ1) is 11.5. The maximum Gasteiger partial charge on any atom is 0.365 e. The van der Waals surface area contributed by atoms with Gasteiger partial charge in [0.05, 0.1) is 5.69 Å². The Balaban J connectivity index is 1.91. The van der Waals surface area contributed by atoms with Crippen LogP contribution in [0.15, 0.2) is 5.38 Å². The molecule has 16 heavy (non-hydrogen) atoms. The molecule has 88 valence electrons. The predicted molar refractivity (Wildman–Crippen MR) is 62.8 cm³/mol. The highest BCUT2D eigenvalue weighted by Crippen LogP contribution is 2.29. The van der Waals surface area contributed by atoms with E-state index < -0.39 is 5.97 Å². The van der Waals surface area contributed by atoms with Gasteiger partial charge in [-0.25, -0.2) is 9.78 Å². The van der Waals surface area contributed by atoms with Gasteiger partial charge in [-0.05, 0) is 19.8 Å². The van der Waals surface area contributed by atoms with E-state index in [9.17, 15) is 4.79 Å². The number of thiazole rings is 1. The number of carboxylic acid groups (broad SMARTS) is 1. The van der Waals surface area contributed by atoms with Gasteiger partial charge in [-0.1, -0.05) is 12.8 Å². The molecule has 1 aliphatic rings. The van der Waals surface area contributed by atoms with Crippen molar-refractivity contribution in [1.29, 1.82) is 0 Å². The number of carbonyl (C=O) groups is 1. The molecular weight excluding hydrogens is 224 g/mol. The molecule has 1 fully saturated rings. The Hall–Kier alpha value is -0.940. The lowest BCUT2D eigenvalue weighted by atomic mass is 10.0. The highest BCUT2D eigenvalue weighted by atomic mass is 32.1. The lowest BCUT2D eigenvalue weighted by molar-refractivity contribution is 0.0696. The molecule has 0 atom stereocenters. The van der Waals surface area contributed by atoms with E-state index in [0.29, 0.717) is 6.54 Å². The summed E-state index contributed by atoms with van der Waals surface area (Å²) in [6.45, 7) is 2.89. The van der Waals surface area contributed by atoms with Gasteiger partial charge in [0.15, 0.2) is 0 Å². The van der Waals surface area contributed by atoms with E-state index in [0.717, 1.165) is 5.69 Å². The fourth-order valence-corrected chi connectivity index (χ4v) is 2.78. The van der Waals surface area contributed by atoms with Crippen LogP contribution in [0.3, 0.4) is 0 Å². The minimum atomic E-state index is -0.941. The maximum atomic E-state index is 10.7. The van der Waals surface area contributed by atoms with Crippen molar-refractivity contribution >= 4 is 17.3 Å². The fraction of sp³-hybridized carbons (Fsp3) is 0.636. The summed E-state index contributed by atoms with van der Waals surface area (Å²) in [5.74, 6) is -0.941. The largest absolute Gasteiger partial charge is 0.476 e. The summed E-state index contributed by atoms with van der Waals surface area (Å²) in [4.78, 5) is 14.7. The van der Waals surface area contributed by atoms with Crippen LogP contribution in [0.2, 0.25) is 0 Å². The Morgan fingerprint density at radius 3 is 2.88 bits per heavy atom. The molecule has 1 saturated carbocycles. The lowest BCUT2D eigenvalue weighted by Gasteiger charge is -2.24. The smallest absolute Gasteiger partial charge is 0.365 e. The second-order valence-electron chi connectivity index (χ2n) is 4.57. The summed E-state index contributed by atoms with van der Waals surface area (Å²) in [6.07, 6.45) is 4.95. The zero-order valence-corrected chi connectivity index (χ0v) is 10.1. The number of aromatic nitrogens is 1. The van der Waals surface area contributed by atoms with Crippen LogP contribution in [0.1, 0.15) is 48.1 Å². The summed E-state index contributed by atoms with van der Waals surface area (Å²) in [6, 6.07) is 0. The zero-order valence-electron chi connectivity index (χ0n) is 9.32. The van der Waals surface area contributed by atoms with Gasteiger partial charge < -0.3 is 10.4 Å². The van der Waals surface area contributed by atoms with E-state index in [1.54, 1.807) is 0 Å². The highest BCUT2D eigenvalue weighted by Gasteiger charge is 2.27. The van der Waals surface area contributed by atoms with Crippen molar-refractivity contribution in [2.24, 2.45) is 0 Å². The van der Waals surface area contributed by atoms with Crippen molar-refractivity contribution in [2.45, 2.75) is 44.7 Å². The van der Waals surface area contributed by atoms with Crippen molar-refractivity contribution in [3.05, 3.63) is 16.1 Å². The minimum absolute atomic E-state index is 0.174. The predicted octanol–water partition coefficient (Wildman–Crippen LogP) is 2.26. The molecule has 5 heteroatoms. The molecule has 0 spiro atoms. The van der Waals surface area contributed by atoms with Crippen molar-refractivity contribution in [2.75, 3.05) is 0 Å². The first-order valence-corrected chi connectivity index (χ1v) is 6.40. The van der Waals surface area contributed by atoms with Crippen LogP contribution in [-0.4, -0.2) is 21.6 Å². The summed E-state index contributed by atoms with van der Waals surface area (Å²) in [7, 11) is 0. The third-order valence-electron chi connectivity index (χ3n) is 3.14. The highest BCUT2D eigenvalue weighted by molar-refractivity contribution is 7.11. The third-order valence-corrected chi connectivity index (χ3v) is 4.02. The van der Waals surface area contributed by atoms with Gasteiger partial charge in [-0.15, -0.1) is 11.3 Å². The molecule has 2 rings (SSSR count). The molecule has 0 aliphatic heterocycles. The number of rotatable bonds is 4. The fourth-order valence-electron chi connectivity index (χ4n) is 2.12. The van der Waals surface area contributed by atoms with E-state index in [2.05, 4.69) is 17.2 Å². The van der Waals surface area contributed by atoms with E-state index >= 15 is 0 Å². The number of aromatic carboxylic acids is 1. The van der Waals surface area contributed by atoms with Crippen LogP contribution >= 0.6 is 11.3 Å². The number of nitrogens with one attached hydrogen (secondary N) is 1. The standard InChI is InChI=1S/C11H16N2O2S/c1-11(4-2-3-5-11)12-6-8-7-16-9(13-8)10(14)15/h7,12H,2-6H2,1H3,(H,14,15). The van der Waals surface area contributed by atoms with E-state index in [-0.39, 0.29) is 10.5 Å². The quantitative estimate of drug-likeness (QED) is 0.847. The van der Waals surface area contributed by atoms with Crippen molar-refractivity contribution in [1.82, 2.24) is 10.3 Å². The number of hydrogen-bond donors (Lipinski definition) is 2. The second kappa shape index (κ2) is 4.51. The Labute approximate surface area is 98.7 Å². The number of carboxylic acids is 1. The number of hydrogen-bond acceptors (Lipinski definition) is 4. The van der Waals surface area contributed by atoms with Crippen molar-refractivity contribution in [3.8, 4) is 0 Å². The molecule has 0 aromatic carbocycles. The minimum Gasteiger partial charge on any atom is -0.476 e. The van der Waals surface area contributed by atoms with Gasteiger partial charge in [-0.2, -0.15) is 0 Å². The zero-order chi connectivity index (χ0) is 11.6. The van der Waals surface area contributed by atoms with Crippen LogP contribution in [0.4, 0.5) is 0 Å². The molecule has 1 heterocycles.